The van der Waals surface area contributed by atoms with Crippen molar-refractivity contribution in [1.29, 1.82) is 0 Å². The lowest BCUT2D eigenvalue weighted by Gasteiger charge is -2.13. The standard InChI is InChI=1S/C13H28S2/c1-4-7-8-9-10-11-12-13(14-5-2)15-6-3/h13H,4-12H2,1-3H3. The van der Waals surface area contributed by atoms with Crippen molar-refractivity contribution >= 4 is 23.5 Å². The maximum atomic E-state index is 2.28. The summed E-state index contributed by atoms with van der Waals surface area (Å²) in [5.41, 5.74) is 0. The fourth-order valence-electron chi connectivity index (χ4n) is 1.68. The van der Waals surface area contributed by atoms with Gasteiger partial charge in [0.1, 0.15) is 0 Å². The van der Waals surface area contributed by atoms with Crippen molar-refractivity contribution in [2.75, 3.05) is 11.5 Å². The summed E-state index contributed by atoms with van der Waals surface area (Å²) >= 11 is 4.26. The van der Waals surface area contributed by atoms with E-state index in [1.807, 2.05) is 0 Å². The second-order valence-electron chi connectivity index (χ2n) is 3.90. The summed E-state index contributed by atoms with van der Waals surface area (Å²) in [6, 6.07) is 0. The Balaban J connectivity index is 3.28. The molecule has 0 atom stereocenters. The van der Waals surface area contributed by atoms with Crippen LogP contribution in [0.1, 0.15) is 65.7 Å². The predicted octanol–water partition coefficient (Wildman–Crippen LogP) is 5.57. The molecule has 0 aliphatic heterocycles. The van der Waals surface area contributed by atoms with Crippen LogP contribution in [0.3, 0.4) is 0 Å². The molecule has 0 amide bonds. The average molecular weight is 249 g/mol. The van der Waals surface area contributed by atoms with Gasteiger partial charge in [0.15, 0.2) is 0 Å². The van der Waals surface area contributed by atoms with Gasteiger partial charge in [-0.15, -0.1) is 23.5 Å². The van der Waals surface area contributed by atoms with E-state index in [0.29, 0.717) is 0 Å². The van der Waals surface area contributed by atoms with Gasteiger partial charge in [0, 0.05) is 0 Å². The van der Waals surface area contributed by atoms with Gasteiger partial charge in [-0.25, -0.2) is 0 Å². The number of rotatable bonds is 11. The largest absolute Gasteiger partial charge is 0.148 e. The molecular formula is C13H28S2. The molecule has 92 valence electrons. The van der Waals surface area contributed by atoms with Crippen LogP contribution >= 0.6 is 23.5 Å². The van der Waals surface area contributed by atoms with E-state index in [0.717, 1.165) is 4.58 Å². The molecule has 0 saturated carbocycles. The van der Waals surface area contributed by atoms with E-state index in [4.69, 9.17) is 0 Å². The van der Waals surface area contributed by atoms with Crippen molar-refractivity contribution in [3.8, 4) is 0 Å². The minimum absolute atomic E-state index is 0.867. The van der Waals surface area contributed by atoms with Gasteiger partial charge in [0.05, 0.1) is 4.58 Å². The van der Waals surface area contributed by atoms with Gasteiger partial charge >= 0.3 is 0 Å². The maximum Gasteiger partial charge on any atom is 0.0502 e. The molecule has 0 radical (unpaired) electrons. The van der Waals surface area contributed by atoms with Crippen LogP contribution in [0, 0.1) is 0 Å². The van der Waals surface area contributed by atoms with Crippen LogP contribution in [-0.4, -0.2) is 16.1 Å². The van der Waals surface area contributed by atoms with E-state index in [-0.39, 0.29) is 0 Å². The monoisotopic (exact) mass is 248 g/mol. The summed E-state index contributed by atoms with van der Waals surface area (Å²) in [4.78, 5) is 0. The third kappa shape index (κ3) is 11.0. The Hall–Kier alpha value is 0.700. The number of hydrogen-bond donors (Lipinski definition) is 0. The first-order valence-electron chi connectivity index (χ1n) is 6.58. The Kier molecular flexibility index (Phi) is 13.4. The predicted molar refractivity (Wildman–Crippen MR) is 78.0 cm³/mol. The van der Waals surface area contributed by atoms with Crippen molar-refractivity contribution < 1.29 is 0 Å². The first kappa shape index (κ1) is 15.7. The van der Waals surface area contributed by atoms with Crippen molar-refractivity contribution in [2.24, 2.45) is 0 Å². The van der Waals surface area contributed by atoms with E-state index < -0.39 is 0 Å². The molecule has 0 aliphatic rings. The highest BCUT2D eigenvalue weighted by molar-refractivity contribution is 8.16. The summed E-state index contributed by atoms with van der Waals surface area (Å²) in [6.45, 7) is 6.83. The zero-order valence-electron chi connectivity index (χ0n) is 10.8. The summed E-state index contributed by atoms with van der Waals surface area (Å²) in [5.74, 6) is 2.54. The Morgan fingerprint density at radius 2 is 1.27 bits per heavy atom. The van der Waals surface area contributed by atoms with Crippen molar-refractivity contribution in [3.63, 3.8) is 0 Å². The smallest absolute Gasteiger partial charge is 0.0502 e. The molecule has 15 heavy (non-hydrogen) atoms. The van der Waals surface area contributed by atoms with Gasteiger partial charge < -0.3 is 0 Å². The van der Waals surface area contributed by atoms with E-state index in [1.54, 1.807) is 0 Å². The van der Waals surface area contributed by atoms with Crippen LogP contribution in [0.15, 0.2) is 0 Å². The summed E-state index contributed by atoms with van der Waals surface area (Å²) in [7, 11) is 0. The normalized spacial score (nSPS) is 11.2. The molecule has 0 heterocycles. The summed E-state index contributed by atoms with van der Waals surface area (Å²) in [6.07, 6.45) is 10.00. The van der Waals surface area contributed by atoms with E-state index >= 15 is 0 Å². The highest BCUT2D eigenvalue weighted by Gasteiger charge is 2.06. The van der Waals surface area contributed by atoms with Crippen LogP contribution < -0.4 is 0 Å². The van der Waals surface area contributed by atoms with Gasteiger partial charge in [-0.05, 0) is 17.9 Å². The molecule has 0 rings (SSSR count). The molecular weight excluding hydrogens is 220 g/mol. The van der Waals surface area contributed by atoms with E-state index in [1.165, 1.54) is 56.5 Å². The zero-order valence-corrected chi connectivity index (χ0v) is 12.4. The van der Waals surface area contributed by atoms with Gasteiger partial charge in [-0.1, -0.05) is 59.3 Å². The molecule has 0 N–H and O–H groups in total. The first-order valence-corrected chi connectivity index (χ1v) is 8.68. The molecule has 0 aromatic carbocycles. The molecule has 0 nitrogen and oxygen atoms in total. The zero-order chi connectivity index (χ0) is 11.4. The van der Waals surface area contributed by atoms with Gasteiger partial charge in [0.25, 0.3) is 0 Å². The maximum absolute atomic E-state index is 2.28. The molecule has 0 aromatic heterocycles. The fourth-order valence-corrected chi connectivity index (χ4v) is 4.29. The Morgan fingerprint density at radius 3 is 1.80 bits per heavy atom. The van der Waals surface area contributed by atoms with Crippen LogP contribution in [0.25, 0.3) is 0 Å². The van der Waals surface area contributed by atoms with Gasteiger partial charge in [-0.3, -0.25) is 0 Å². The van der Waals surface area contributed by atoms with Gasteiger partial charge in [0.2, 0.25) is 0 Å². The highest BCUT2D eigenvalue weighted by atomic mass is 32.2. The molecule has 0 bridgehead atoms. The van der Waals surface area contributed by atoms with Crippen molar-refractivity contribution in [3.05, 3.63) is 0 Å². The third-order valence-electron chi connectivity index (χ3n) is 2.50. The van der Waals surface area contributed by atoms with Gasteiger partial charge in [-0.2, -0.15) is 0 Å². The Labute approximate surface area is 105 Å². The fraction of sp³-hybridized carbons (Fsp3) is 1.00. The van der Waals surface area contributed by atoms with Crippen molar-refractivity contribution in [2.45, 2.75) is 70.3 Å². The molecule has 0 saturated heterocycles. The SMILES string of the molecule is CCCCCCCCC(SCC)SCC. The molecule has 0 aromatic rings. The van der Waals surface area contributed by atoms with Crippen LogP contribution in [0.2, 0.25) is 0 Å². The molecule has 2 heteroatoms. The highest BCUT2D eigenvalue weighted by Crippen LogP contribution is 2.28. The Bertz CT molecular complexity index is 109. The number of thioether (sulfide) groups is 2. The second-order valence-corrected chi connectivity index (χ2v) is 7.15. The summed E-state index contributed by atoms with van der Waals surface area (Å²) in [5, 5.41) is 0. The Morgan fingerprint density at radius 1 is 0.733 bits per heavy atom. The topological polar surface area (TPSA) is 0 Å². The van der Waals surface area contributed by atoms with Crippen molar-refractivity contribution in [1.82, 2.24) is 0 Å². The van der Waals surface area contributed by atoms with Crippen LogP contribution in [-0.2, 0) is 0 Å². The summed E-state index contributed by atoms with van der Waals surface area (Å²) < 4.78 is 0.867. The lowest BCUT2D eigenvalue weighted by molar-refractivity contribution is 0.600. The molecule has 0 unspecified atom stereocenters. The third-order valence-corrected chi connectivity index (χ3v) is 5.20. The quantitative estimate of drug-likeness (QED) is 0.346. The number of hydrogen-bond acceptors (Lipinski definition) is 2. The van der Waals surface area contributed by atoms with Crippen LogP contribution in [0.4, 0.5) is 0 Å². The minimum atomic E-state index is 0.867. The lowest BCUT2D eigenvalue weighted by atomic mass is 10.1. The minimum Gasteiger partial charge on any atom is -0.148 e. The average Bonchev–Trinajstić information content (AvgIpc) is 2.24. The van der Waals surface area contributed by atoms with Crippen LogP contribution in [0.5, 0.6) is 0 Å². The van der Waals surface area contributed by atoms with E-state index in [9.17, 15) is 0 Å². The second kappa shape index (κ2) is 12.8. The molecule has 0 aliphatic carbocycles. The first-order chi connectivity index (χ1) is 7.35. The lowest BCUT2D eigenvalue weighted by Crippen LogP contribution is -1.98. The number of unbranched alkanes of at least 4 members (excludes halogenated alkanes) is 5. The molecule has 0 spiro atoms. The molecule has 0 fully saturated rings. The van der Waals surface area contributed by atoms with E-state index in [2.05, 4.69) is 44.3 Å².